The largest absolute Gasteiger partial charge is 0.342 e. The minimum absolute atomic E-state index is 0.0742. The van der Waals surface area contributed by atoms with E-state index in [2.05, 4.69) is 0 Å². The molecule has 0 spiro atoms. The van der Waals surface area contributed by atoms with Crippen LogP contribution in [0.2, 0.25) is 0 Å². The van der Waals surface area contributed by atoms with Gasteiger partial charge >= 0.3 is 0 Å². The van der Waals surface area contributed by atoms with Crippen molar-refractivity contribution in [2.45, 2.75) is 26.4 Å². The van der Waals surface area contributed by atoms with Crippen LogP contribution in [0.4, 0.5) is 4.39 Å². The third kappa shape index (κ3) is 4.42. The first-order valence-corrected chi connectivity index (χ1v) is 8.35. The molecule has 4 heteroatoms. The predicted molar refractivity (Wildman–Crippen MR) is 95.0 cm³/mol. The number of benzene rings is 2. The summed E-state index contributed by atoms with van der Waals surface area (Å²) in [5.74, 6) is -0.183. The number of hydrogen-bond acceptors (Lipinski definition) is 2. The quantitative estimate of drug-likeness (QED) is 0.770. The molecule has 0 N–H and O–H groups in total. The number of carbonyl (C=O) groups excluding carboxylic acids is 1. The average Bonchev–Trinajstić information content (AvgIpc) is 2.57. The first kappa shape index (κ1) is 18.1. The van der Waals surface area contributed by atoms with Crippen molar-refractivity contribution in [3.8, 4) is 0 Å². The van der Waals surface area contributed by atoms with Crippen LogP contribution >= 0.6 is 0 Å². The summed E-state index contributed by atoms with van der Waals surface area (Å²) in [6.45, 7) is 5.81. The van der Waals surface area contributed by atoms with Crippen molar-refractivity contribution >= 4 is 5.91 Å². The molecule has 2 aromatic rings. The van der Waals surface area contributed by atoms with Gasteiger partial charge in [0.1, 0.15) is 11.9 Å². The first-order valence-electron chi connectivity index (χ1n) is 8.35. The van der Waals surface area contributed by atoms with Crippen molar-refractivity contribution in [3.63, 3.8) is 0 Å². The number of hydrogen-bond donors (Lipinski definition) is 0. The van der Waals surface area contributed by atoms with Gasteiger partial charge in [-0.2, -0.15) is 0 Å². The van der Waals surface area contributed by atoms with E-state index >= 15 is 0 Å². The second-order valence-corrected chi connectivity index (χ2v) is 5.87. The topological polar surface area (TPSA) is 23.6 Å². The molecule has 3 nitrogen and oxygen atoms in total. The maximum Gasteiger partial charge on any atom is 0.244 e. The van der Waals surface area contributed by atoms with Crippen molar-refractivity contribution in [2.24, 2.45) is 0 Å². The lowest BCUT2D eigenvalue weighted by Gasteiger charge is -2.32. The average molecular weight is 328 g/mol. The van der Waals surface area contributed by atoms with Gasteiger partial charge in [0.15, 0.2) is 0 Å². The van der Waals surface area contributed by atoms with E-state index in [4.69, 9.17) is 0 Å². The fourth-order valence-electron chi connectivity index (χ4n) is 2.94. The van der Waals surface area contributed by atoms with Crippen LogP contribution < -0.4 is 0 Å². The SMILES string of the molecule is CCN(CC)C(=O)C(c1ccccc1)N(C)Cc1cccc(F)c1. The fourth-order valence-corrected chi connectivity index (χ4v) is 2.94. The van der Waals surface area contributed by atoms with Gasteiger partial charge in [-0.15, -0.1) is 0 Å². The zero-order chi connectivity index (χ0) is 17.5. The summed E-state index contributed by atoms with van der Waals surface area (Å²) in [5.41, 5.74) is 1.80. The maximum absolute atomic E-state index is 13.4. The molecular formula is C20H25FN2O. The molecule has 0 heterocycles. The molecule has 2 rings (SSSR count). The Balaban J connectivity index is 2.29. The molecule has 0 aliphatic rings. The molecule has 1 atom stereocenters. The van der Waals surface area contributed by atoms with E-state index in [-0.39, 0.29) is 17.8 Å². The van der Waals surface area contributed by atoms with Gasteiger partial charge in [0.25, 0.3) is 0 Å². The zero-order valence-corrected chi connectivity index (χ0v) is 14.6. The van der Waals surface area contributed by atoms with Crippen LogP contribution in [0.15, 0.2) is 54.6 Å². The van der Waals surface area contributed by atoms with Gasteiger partial charge < -0.3 is 4.90 Å². The van der Waals surface area contributed by atoms with Gasteiger partial charge in [-0.1, -0.05) is 42.5 Å². The summed E-state index contributed by atoms with van der Waals surface area (Å²) < 4.78 is 13.4. The Morgan fingerprint density at radius 3 is 2.29 bits per heavy atom. The Bertz CT molecular complexity index is 656. The summed E-state index contributed by atoms with van der Waals surface area (Å²) >= 11 is 0. The molecule has 0 saturated carbocycles. The predicted octanol–water partition coefficient (Wildman–Crippen LogP) is 3.87. The standard InChI is InChI=1S/C20H25FN2O/c1-4-23(5-2)20(24)19(17-11-7-6-8-12-17)22(3)15-16-10-9-13-18(21)14-16/h6-14,19H,4-5,15H2,1-3H3. The minimum Gasteiger partial charge on any atom is -0.342 e. The van der Waals surface area contributed by atoms with Crippen LogP contribution in [0.25, 0.3) is 0 Å². The van der Waals surface area contributed by atoms with E-state index in [9.17, 15) is 9.18 Å². The van der Waals surface area contributed by atoms with Gasteiger partial charge in [-0.25, -0.2) is 4.39 Å². The molecule has 0 fully saturated rings. The second kappa shape index (κ2) is 8.60. The van der Waals surface area contributed by atoms with Crippen LogP contribution in [0.3, 0.4) is 0 Å². The van der Waals surface area contributed by atoms with Crippen molar-refractivity contribution < 1.29 is 9.18 Å². The Hall–Kier alpha value is -2.20. The molecule has 2 aromatic carbocycles. The highest BCUT2D eigenvalue weighted by Crippen LogP contribution is 2.24. The van der Waals surface area contributed by atoms with Crippen LogP contribution in [0, 0.1) is 5.82 Å². The van der Waals surface area contributed by atoms with Gasteiger partial charge in [0.2, 0.25) is 5.91 Å². The lowest BCUT2D eigenvalue weighted by atomic mass is 10.0. The smallest absolute Gasteiger partial charge is 0.244 e. The maximum atomic E-state index is 13.4. The second-order valence-electron chi connectivity index (χ2n) is 5.87. The Kier molecular flexibility index (Phi) is 6.50. The number of carbonyl (C=O) groups is 1. The van der Waals surface area contributed by atoms with Gasteiger partial charge in [-0.3, -0.25) is 9.69 Å². The Labute approximate surface area is 143 Å². The van der Waals surface area contributed by atoms with Gasteiger partial charge in [0.05, 0.1) is 0 Å². The number of nitrogens with zero attached hydrogens (tertiary/aromatic N) is 2. The summed E-state index contributed by atoms with van der Waals surface area (Å²) in [6, 6.07) is 15.9. The number of amides is 1. The molecule has 128 valence electrons. The summed E-state index contributed by atoms with van der Waals surface area (Å²) in [6.07, 6.45) is 0. The van der Waals surface area contributed by atoms with Crippen LogP contribution in [-0.2, 0) is 11.3 Å². The zero-order valence-electron chi connectivity index (χ0n) is 14.6. The molecule has 0 aromatic heterocycles. The van der Waals surface area contributed by atoms with Gasteiger partial charge in [0, 0.05) is 19.6 Å². The highest BCUT2D eigenvalue weighted by atomic mass is 19.1. The summed E-state index contributed by atoms with van der Waals surface area (Å²) in [4.78, 5) is 16.8. The molecule has 0 saturated heterocycles. The van der Waals surface area contributed by atoms with Crippen molar-refractivity contribution in [1.82, 2.24) is 9.80 Å². The van der Waals surface area contributed by atoms with E-state index in [1.165, 1.54) is 12.1 Å². The first-order chi connectivity index (χ1) is 11.6. The minimum atomic E-state index is -0.380. The monoisotopic (exact) mass is 328 g/mol. The lowest BCUT2D eigenvalue weighted by Crippen LogP contribution is -2.41. The third-order valence-corrected chi connectivity index (χ3v) is 4.19. The Morgan fingerprint density at radius 1 is 1.04 bits per heavy atom. The number of halogens is 1. The van der Waals surface area contributed by atoms with Crippen LogP contribution in [-0.4, -0.2) is 35.8 Å². The molecule has 0 radical (unpaired) electrons. The summed E-state index contributed by atoms with van der Waals surface area (Å²) in [7, 11) is 1.91. The van der Waals surface area contributed by atoms with E-state index in [1.807, 2.05) is 67.1 Å². The molecule has 1 unspecified atom stereocenters. The fraction of sp³-hybridized carbons (Fsp3) is 0.350. The van der Waals surface area contributed by atoms with E-state index in [0.29, 0.717) is 19.6 Å². The third-order valence-electron chi connectivity index (χ3n) is 4.19. The molecule has 0 aliphatic carbocycles. The van der Waals surface area contributed by atoms with Gasteiger partial charge in [-0.05, 0) is 44.2 Å². The molecule has 24 heavy (non-hydrogen) atoms. The highest BCUT2D eigenvalue weighted by Gasteiger charge is 2.28. The van der Waals surface area contributed by atoms with E-state index < -0.39 is 0 Å². The van der Waals surface area contributed by atoms with Crippen LogP contribution in [0.1, 0.15) is 31.0 Å². The number of likely N-dealkylation sites (N-methyl/N-ethyl adjacent to an activating group) is 2. The van der Waals surface area contributed by atoms with Crippen molar-refractivity contribution in [1.29, 1.82) is 0 Å². The van der Waals surface area contributed by atoms with E-state index in [0.717, 1.165) is 11.1 Å². The molecule has 0 aliphatic heterocycles. The molecule has 0 bridgehead atoms. The normalized spacial score (nSPS) is 12.2. The van der Waals surface area contributed by atoms with Crippen molar-refractivity contribution in [2.75, 3.05) is 20.1 Å². The lowest BCUT2D eigenvalue weighted by molar-refractivity contribution is -0.136. The van der Waals surface area contributed by atoms with Crippen LogP contribution in [0.5, 0.6) is 0 Å². The Morgan fingerprint density at radius 2 is 1.71 bits per heavy atom. The van der Waals surface area contributed by atoms with E-state index in [1.54, 1.807) is 6.07 Å². The molecular weight excluding hydrogens is 303 g/mol. The van der Waals surface area contributed by atoms with Crippen molar-refractivity contribution in [3.05, 3.63) is 71.5 Å². The highest BCUT2D eigenvalue weighted by molar-refractivity contribution is 5.83. The molecule has 1 amide bonds. The number of rotatable bonds is 7. The summed E-state index contributed by atoms with van der Waals surface area (Å²) in [5, 5.41) is 0.